The zero-order valence-electron chi connectivity index (χ0n) is 10.3. The Hall–Kier alpha value is -2.95. The molecular weight excluding hydrogens is 283 g/mol. The first-order chi connectivity index (χ1) is 9.99. The van der Waals surface area contributed by atoms with Crippen molar-refractivity contribution in [3.05, 3.63) is 48.2 Å². The van der Waals surface area contributed by atoms with Crippen molar-refractivity contribution in [2.24, 2.45) is 0 Å². The van der Waals surface area contributed by atoms with E-state index in [9.17, 15) is 13.2 Å². The summed E-state index contributed by atoms with van der Waals surface area (Å²) in [5, 5.41) is 8.94. The van der Waals surface area contributed by atoms with Crippen molar-refractivity contribution in [3.8, 4) is 17.5 Å². The van der Waals surface area contributed by atoms with E-state index in [1.807, 2.05) is 6.07 Å². The lowest BCUT2D eigenvalue weighted by Gasteiger charge is -2.07. The largest absolute Gasteiger partial charge is 0.417 e. The topological polar surface area (TPSA) is 66.9 Å². The van der Waals surface area contributed by atoms with Gasteiger partial charge >= 0.3 is 6.18 Å². The van der Waals surface area contributed by atoms with Gasteiger partial charge in [-0.2, -0.15) is 18.4 Å². The molecule has 8 heteroatoms. The quantitative estimate of drug-likeness (QED) is 0.690. The monoisotopic (exact) mass is 289 g/mol. The van der Waals surface area contributed by atoms with Crippen LogP contribution in [0.5, 0.6) is 0 Å². The van der Waals surface area contributed by atoms with E-state index in [0.717, 1.165) is 12.3 Å². The second-order valence-corrected chi connectivity index (χ2v) is 4.17. The molecule has 0 spiro atoms. The van der Waals surface area contributed by atoms with Crippen LogP contribution in [0.15, 0.2) is 36.9 Å². The van der Waals surface area contributed by atoms with Crippen LogP contribution in [0.2, 0.25) is 0 Å². The van der Waals surface area contributed by atoms with E-state index in [4.69, 9.17) is 5.26 Å². The molecule has 21 heavy (non-hydrogen) atoms. The van der Waals surface area contributed by atoms with Crippen molar-refractivity contribution >= 4 is 5.65 Å². The van der Waals surface area contributed by atoms with E-state index in [1.165, 1.54) is 18.5 Å². The Morgan fingerprint density at radius 3 is 2.62 bits per heavy atom. The van der Waals surface area contributed by atoms with Gasteiger partial charge in [-0.25, -0.2) is 9.97 Å². The summed E-state index contributed by atoms with van der Waals surface area (Å²) >= 11 is 0. The van der Waals surface area contributed by atoms with Gasteiger partial charge in [0.1, 0.15) is 11.8 Å². The number of nitrogens with zero attached hydrogens (tertiary/aromatic N) is 5. The van der Waals surface area contributed by atoms with Crippen molar-refractivity contribution < 1.29 is 13.2 Å². The highest BCUT2D eigenvalue weighted by Gasteiger charge is 2.30. The molecule has 0 amide bonds. The highest BCUT2D eigenvalue weighted by Crippen LogP contribution is 2.30. The third-order valence-electron chi connectivity index (χ3n) is 2.82. The number of hydrogen-bond acceptors (Lipinski definition) is 4. The summed E-state index contributed by atoms with van der Waals surface area (Å²) in [6.07, 6.45) is 0.888. The van der Waals surface area contributed by atoms with Gasteiger partial charge in [-0.05, 0) is 12.1 Å². The Balaban J connectivity index is 2.16. The molecule has 0 aliphatic heterocycles. The Bertz CT molecular complexity index is 843. The highest BCUT2D eigenvalue weighted by atomic mass is 19.4. The van der Waals surface area contributed by atoms with Crippen LogP contribution in [0.4, 0.5) is 13.2 Å². The minimum atomic E-state index is -4.45. The highest BCUT2D eigenvalue weighted by molar-refractivity contribution is 5.71. The molecule has 3 heterocycles. The maximum Gasteiger partial charge on any atom is 0.417 e. The fourth-order valence-corrected chi connectivity index (χ4v) is 1.86. The fourth-order valence-electron chi connectivity index (χ4n) is 1.86. The van der Waals surface area contributed by atoms with E-state index in [1.54, 1.807) is 10.6 Å². The Morgan fingerprint density at radius 2 is 2.00 bits per heavy atom. The van der Waals surface area contributed by atoms with Crippen LogP contribution in [0.25, 0.3) is 17.0 Å². The second kappa shape index (κ2) is 4.56. The van der Waals surface area contributed by atoms with Crippen LogP contribution in [0, 0.1) is 11.3 Å². The summed E-state index contributed by atoms with van der Waals surface area (Å²) < 4.78 is 39.2. The molecule has 3 aromatic heterocycles. The van der Waals surface area contributed by atoms with Crippen LogP contribution in [0.3, 0.4) is 0 Å². The first-order valence-electron chi connectivity index (χ1n) is 5.76. The normalized spacial score (nSPS) is 11.5. The van der Waals surface area contributed by atoms with Crippen LogP contribution in [0.1, 0.15) is 11.3 Å². The van der Waals surface area contributed by atoms with Gasteiger partial charge in [0.15, 0.2) is 11.3 Å². The number of pyridine rings is 1. The van der Waals surface area contributed by atoms with Crippen molar-refractivity contribution in [1.82, 2.24) is 19.4 Å². The predicted molar refractivity (Wildman–Crippen MR) is 65.9 cm³/mol. The fraction of sp³-hybridized carbons (Fsp3) is 0.0769. The van der Waals surface area contributed by atoms with Gasteiger partial charge in [0.05, 0.1) is 11.3 Å². The van der Waals surface area contributed by atoms with Crippen molar-refractivity contribution in [1.29, 1.82) is 5.26 Å². The molecular formula is C13H6F3N5. The molecule has 0 aliphatic carbocycles. The number of rotatable bonds is 1. The molecule has 5 nitrogen and oxygen atoms in total. The van der Waals surface area contributed by atoms with Gasteiger partial charge in [-0.15, -0.1) is 0 Å². The van der Waals surface area contributed by atoms with Gasteiger partial charge in [0.25, 0.3) is 0 Å². The number of alkyl halides is 3. The van der Waals surface area contributed by atoms with Crippen LogP contribution in [-0.2, 0) is 6.18 Å². The lowest BCUT2D eigenvalue weighted by atomic mass is 10.2. The third kappa shape index (κ3) is 2.29. The predicted octanol–water partition coefficient (Wildman–Crippen LogP) is 2.68. The summed E-state index contributed by atoms with van der Waals surface area (Å²) in [5.74, 6) is 0. The second-order valence-electron chi connectivity index (χ2n) is 4.17. The molecule has 104 valence electrons. The molecule has 3 rings (SSSR count). The van der Waals surface area contributed by atoms with Crippen LogP contribution < -0.4 is 0 Å². The van der Waals surface area contributed by atoms with Gasteiger partial charge < -0.3 is 4.40 Å². The van der Waals surface area contributed by atoms with Gasteiger partial charge in [-0.1, -0.05) is 0 Å². The molecule has 0 saturated heterocycles. The maximum absolute atomic E-state index is 12.5. The number of nitriles is 1. The minimum Gasteiger partial charge on any atom is -0.302 e. The number of imidazole rings is 1. The number of hydrogen-bond donors (Lipinski definition) is 0. The van der Waals surface area contributed by atoms with E-state index in [2.05, 4.69) is 15.0 Å². The van der Waals surface area contributed by atoms with Crippen LogP contribution in [-0.4, -0.2) is 19.4 Å². The average molecular weight is 289 g/mol. The van der Waals surface area contributed by atoms with Crippen LogP contribution >= 0.6 is 0 Å². The van der Waals surface area contributed by atoms with Crippen molar-refractivity contribution in [2.75, 3.05) is 0 Å². The zero-order chi connectivity index (χ0) is 15.0. The average Bonchev–Trinajstić information content (AvgIpc) is 2.93. The maximum atomic E-state index is 12.5. The lowest BCUT2D eigenvalue weighted by molar-refractivity contribution is -0.137. The summed E-state index contributed by atoms with van der Waals surface area (Å²) in [6.45, 7) is 0. The molecule has 0 radical (unpaired) electrons. The first-order valence-corrected chi connectivity index (χ1v) is 5.76. The summed E-state index contributed by atoms with van der Waals surface area (Å²) in [4.78, 5) is 11.9. The molecule has 0 bridgehead atoms. The van der Waals surface area contributed by atoms with Gasteiger partial charge in [0.2, 0.25) is 0 Å². The Labute approximate surface area is 116 Å². The summed E-state index contributed by atoms with van der Waals surface area (Å²) in [5.41, 5.74) is 0.171. The van der Waals surface area contributed by atoms with Crippen molar-refractivity contribution in [3.63, 3.8) is 0 Å². The van der Waals surface area contributed by atoms with E-state index >= 15 is 0 Å². The molecule has 0 fully saturated rings. The number of halogens is 3. The molecule has 3 aromatic rings. The Morgan fingerprint density at radius 1 is 1.19 bits per heavy atom. The molecule has 0 N–H and O–H groups in total. The SMILES string of the molecule is N#Cc1cn2ccnc2c(-c2ccc(C(F)(F)F)cn2)n1. The van der Waals surface area contributed by atoms with Gasteiger partial charge in [-0.3, -0.25) is 4.98 Å². The molecule has 0 saturated carbocycles. The van der Waals surface area contributed by atoms with E-state index in [0.29, 0.717) is 5.65 Å². The standard InChI is InChI=1S/C13H6F3N5/c14-13(15,16)8-1-2-10(19-6-8)11-12-18-3-4-21(12)7-9(5-17)20-11/h1-4,6-7H. The smallest absolute Gasteiger partial charge is 0.302 e. The molecule has 0 aliphatic rings. The summed E-state index contributed by atoms with van der Waals surface area (Å²) in [6, 6.07) is 4.02. The molecule has 0 atom stereocenters. The van der Waals surface area contributed by atoms with Crippen molar-refractivity contribution in [2.45, 2.75) is 6.18 Å². The Kier molecular flexibility index (Phi) is 2.83. The lowest BCUT2D eigenvalue weighted by Crippen LogP contribution is -2.05. The molecule has 0 aromatic carbocycles. The minimum absolute atomic E-state index is 0.122. The zero-order valence-corrected chi connectivity index (χ0v) is 10.3. The van der Waals surface area contributed by atoms with E-state index < -0.39 is 11.7 Å². The number of fused-ring (bicyclic) bond motifs is 1. The van der Waals surface area contributed by atoms with Gasteiger partial charge in [0, 0.05) is 24.8 Å². The summed E-state index contributed by atoms with van der Waals surface area (Å²) in [7, 11) is 0. The number of aromatic nitrogens is 4. The van der Waals surface area contributed by atoms with E-state index in [-0.39, 0.29) is 17.1 Å². The first kappa shape index (κ1) is 13.1. The molecule has 0 unspecified atom stereocenters. The third-order valence-corrected chi connectivity index (χ3v) is 2.82.